The van der Waals surface area contributed by atoms with Gasteiger partial charge in [-0.05, 0) is 41.8 Å². The number of aliphatic hydroxyl groups excluding tert-OH is 1. The second kappa shape index (κ2) is 6.67. The van der Waals surface area contributed by atoms with E-state index in [0.717, 1.165) is 16.7 Å². The lowest BCUT2D eigenvalue weighted by atomic mass is 9.96. The van der Waals surface area contributed by atoms with E-state index in [-0.39, 0.29) is 5.97 Å². The van der Waals surface area contributed by atoms with Gasteiger partial charge in [-0.1, -0.05) is 30.3 Å². The Kier molecular flexibility index (Phi) is 4.44. The second-order valence-electron chi connectivity index (χ2n) is 5.27. The van der Waals surface area contributed by atoms with Gasteiger partial charge in [-0.15, -0.1) is 0 Å². The van der Waals surface area contributed by atoms with Crippen LogP contribution in [-0.2, 0) is 16.1 Å². The molecule has 23 heavy (non-hydrogen) atoms. The van der Waals surface area contributed by atoms with Gasteiger partial charge < -0.3 is 14.6 Å². The maximum Gasteiger partial charge on any atom is 0.330 e. The van der Waals surface area contributed by atoms with Gasteiger partial charge in [0.05, 0.1) is 6.61 Å². The van der Waals surface area contributed by atoms with Crippen molar-refractivity contribution in [3.63, 3.8) is 0 Å². The van der Waals surface area contributed by atoms with Crippen LogP contribution in [0.5, 0.6) is 5.75 Å². The van der Waals surface area contributed by atoms with Gasteiger partial charge in [-0.3, -0.25) is 0 Å². The molecule has 118 valence electrons. The first-order valence-corrected chi connectivity index (χ1v) is 7.56. The average molecular weight is 310 g/mol. The van der Waals surface area contributed by atoms with Crippen molar-refractivity contribution in [2.45, 2.75) is 19.6 Å². The van der Waals surface area contributed by atoms with Gasteiger partial charge in [0.1, 0.15) is 18.5 Å². The third-order valence-corrected chi connectivity index (χ3v) is 3.76. The Hall–Kier alpha value is -2.59. The minimum absolute atomic E-state index is 0.344. The fourth-order valence-electron chi connectivity index (χ4n) is 2.63. The van der Waals surface area contributed by atoms with E-state index in [1.165, 1.54) is 6.08 Å². The van der Waals surface area contributed by atoms with Crippen molar-refractivity contribution in [3.05, 3.63) is 70.8 Å². The van der Waals surface area contributed by atoms with Crippen LogP contribution >= 0.6 is 0 Å². The Bertz CT molecular complexity index is 749. The molecular formula is C19H18O4. The molecule has 2 aromatic carbocycles. The van der Waals surface area contributed by atoms with Crippen molar-refractivity contribution in [1.29, 1.82) is 0 Å². The molecule has 0 saturated carbocycles. The summed E-state index contributed by atoms with van der Waals surface area (Å²) in [5.74, 6) is 0.270. The molecule has 3 rings (SSSR count). The van der Waals surface area contributed by atoms with Gasteiger partial charge in [0.2, 0.25) is 0 Å². The smallest absolute Gasteiger partial charge is 0.330 e. The maximum atomic E-state index is 11.4. The summed E-state index contributed by atoms with van der Waals surface area (Å²) < 4.78 is 10.7. The molecule has 0 aromatic heterocycles. The van der Waals surface area contributed by atoms with Crippen molar-refractivity contribution < 1.29 is 19.4 Å². The molecule has 4 nitrogen and oxygen atoms in total. The molecule has 0 amide bonds. The van der Waals surface area contributed by atoms with Crippen LogP contribution in [-0.4, -0.2) is 17.7 Å². The fourth-order valence-corrected chi connectivity index (χ4v) is 2.63. The molecule has 1 atom stereocenters. The van der Waals surface area contributed by atoms with Crippen LogP contribution in [0, 0.1) is 0 Å². The van der Waals surface area contributed by atoms with Crippen LogP contribution < -0.4 is 4.74 Å². The minimum atomic E-state index is -0.750. The number of aliphatic hydroxyl groups is 1. The zero-order chi connectivity index (χ0) is 16.2. The molecule has 1 aliphatic rings. The number of hydrogen-bond donors (Lipinski definition) is 1. The van der Waals surface area contributed by atoms with E-state index < -0.39 is 6.10 Å². The zero-order valence-electron chi connectivity index (χ0n) is 12.9. The summed E-state index contributed by atoms with van der Waals surface area (Å²) in [6.07, 6.45) is 2.30. The van der Waals surface area contributed by atoms with Gasteiger partial charge in [-0.2, -0.15) is 0 Å². The molecule has 4 heteroatoms. The fraction of sp³-hybridized carbons (Fsp3) is 0.211. The third-order valence-electron chi connectivity index (χ3n) is 3.76. The Morgan fingerprint density at radius 1 is 1.30 bits per heavy atom. The van der Waals surface area contributed by atoms with E-state index in [9.17, 15) is 9.90 Å². The van der Waals surface area contributed by atoms with E-state index in [1.54, 1.807) is 13.0 Å². The molecular weight excluding hydrogens is 292 g/mol. The molecule has 1 unspecified atom stereocenters. The van der Waals surface area contributed by atoms with Crippen molar-refractivity contribution in [3.8, 4) is 5.75 Å². The van der Waals surface area contributed by atoms with Crippen LogP contribution in [0.4, 0.5) is 0 Å². The largest absolute Gasteiger partial charge is 0.488 e. The lowest BCUT2D eigenvalue weighted by Crippen LogP contribution is -2.01. The summed E-state index contributed by atoms with van der Waals surface area (Å²) in [5.41, 5.74) is 3.32. The highest BCUT2D eigenvalue weighted by molar-refractivity contribution is 5.87. The topological polar surface area (TPSA) is 55.8 Å². The lowest BCUT2D eigenvalue weighted by molar-refractivity contribution is -0.137. The summed E-state index contributed by atoms with van der Waals surface area (Å²) in [7, 11) is 0. The summed E-state index contributed by atoms with van der Waals surface area (Å²) >= 11 is 0. The standard InChI is InChI=1S/C19H18O4/c1-2-22-18(20)10-8-13-7-9-17-16(11-13)19(21)15-6-4-3-5-14(15)12-23-17/h3-11,19,21H,2,12H2,1H3/b10-8+. The molecule has 0 spiro atoms. The van der Waals surface area contributed by atoms with Crippen molar-refractivity contribution in [1.82, 2.24) is 0 Å². The molecule has 0 bridgehead atoms. The second-order valence-corrected chi connectivity index (χ2v) is 5.27. The number of rotatable bonds is 3. The number of benzene rings is 2. The zero-order valence-corrected chi connectivity index (χ0v) is 12.9. The first-order chi connectivity index (χ1) is 11.2. The van der Waals surface area contributed by atoms with Crippen LogP contribution in [0.25, 0.3) is 6.08 Å². The Balaban J connectivity index is 1.93. The highest BCUT2D eigenvalue weighted by atomic mass is 16.5. The number of carbonyl (C=O) groups excluding carboxylic acids is 1. The van der Waals surface area contributed by atoms with Crippen molar-refractivity contribution >= 4 is 12.0 Å². The summed E-state index contributed by atoms with van der Waals surface area (Å²) in [5, 5.41) is 10.7. The molecule has 0 aliphatic carbocycles. The summed E-state index contributed by atoms with van der Waals surface area (Å²) in [6, 6.07) is 13.2. The van der Waals surface area contributed by atoms with Crippen LogP contribution in [0.2, 0.25) is 0 Å². The molecule has 0 saturated heterocycles. The molecule has 1 N–H and O–H groups in total. The van der Waals surface area contributed by atoms with E-state index in [4.69, 9.17) is 9.47 Å². The van der Waals surface area contributed by atoms with Gasteiger partial charge >= 0.3 is 5.97 Å². The van der Waals surface area contributed by atoms with Crippen LogP contribution in [0.1, 0.15) is 35.3 Å². The monoisotopic (exact) mass is 310 g/mol. The van der Waals surface area contributed by atoms with Crippen LogP contribution in [0.15, 0.2) is 48.5 Å². The van der Waals surface area contributed by atoms with E-state index >= 15 is 0 Å². The van der Waals surface area contributed by atoms with E-state index in [2.05, 4.69) is 0 Å². The predicted octanol–water partition coefficient (Wildman–Crippen LogP) is 3.24. The highest BCUT2D eigenvalue weighted by Gasteiger charge is 2.22. The summed E-state index contributed by atoms with van der Waals surface area (Å²) in [4.78, 5) is 11.4. The Morgan fingerprint density at radius 3 is 2.96 bits per heavy atom. The highest BCUT2D eigenvalue weighted by Crippen LogP contribution is 2.36. The Morgan fingerprint density at radius 2 is 2.13 bits per heavy atom. The van der Waals surface area contributed by atoms with Gasteiger partial charge in [0, 0.05) is 11.6 Å². The predicted molar refractivity (Wildman–Crippen MR) is 86.9 cm³/mol. The maximum absolute atomic E-state index is 11.4. The van der Waals surface area contributed by atoms with Crippen molar-refractivity contribution in [2.75, 3.05) is 6.61 Å². The van der Waals surface area contributed by atoms with E-state index in [0.29, 0.717) is 24.5 Å². The number of fused-ring (bicyclic) bond motifs is 2. The average Bonchev–Trinajstić information content (AvgIpc) is 2.71. The quantitative estimate of drug-likeness (QED) is 0.698. The Labute approximate surface area is 135 Å². The molecule has 1 heterocycles. The molecule has 1 aliphatic heterocycles. The minimum Gasteiger partial charge on any atom is -0.488 e. The SMILES string of the molecule is CCOC(=O)/C=C/c1ccc2c(c1)C(O)c1ccccc1CO2. The van der Waals surface area contributed by atoms with E-state index in [1.807, 2.05) is 42.5 Å². The first kappa shape index (κ1) is 15.3. The molecule has 2 aromatic rings. The number of ether oxygens (including phenoxy) is 2. The molecule has 0 fully saturated rings. The summed E-state index contributed by atoms with van der Waals surface area (Å²) in [6.45, 7) is 2.54. The van der Waals surface area contributed by atoms with Crippen molar-refractivity contribution in [2.24, 2.45) is 0 Å². The number of hydrogen-bond acceptors (Lipinski definition) is 4. The van der Waals surface area contributed by atoms with Gasteiger partial charge in [0.15, 0.2) is 0 Å². The van der Waals surface area contributed by atoms with Gasteiger partial charge in [-0.25, -0.2) is 4.79 Å². The number of carbonyl (C=O) groups is 1. The first-order valence-electron chi connectivity index (χ1n) is 7.56. The lowest BCUT2D eigenvalue weighted by Gasteiger charge is -2.13. The molecule has 0 radical (unpaired) electrons. The normalized spacial score (nSPS) is 16.2. The van der Waals surface area contributed by atoms with Crippen LogP contribution in [0.3, 0.4) is 0 Å². The number of esters is 1. The third kappa shape index (κ3) is 3.27. The van der Waals surface area contributed by atoms with Gasteiger partial charge in [0.25, 0.3) is 0 Å².